The molecule has 2 rings (SSSR count). The molecule has 19 heavy (non-hydrogen) atoms. The number of carbonyl (C=O) groups is 1. The normalized spacial score (nSPS) is 16.8. The summed E-state index contributed by atoms with van der Waals surface area (Å²) >= 11 is 1.48. The number of thioether (sulfide) groups is 1. The van der Waals surface area contributed by atoms with Crippen LogP contribution in [0.25, 0.3) is 0 Å². The highest BCUT2D eigenvalue weighted by Gasteiger charge is 2.14. The number of benzene rings is 1. The summed E-state index contributed by atoms with van der Waals surface area (Å²) in [4.78, 5) is 11.8. The lowest BCUT2D eigenvalue weighted by molar-refractivity contribution is -0.113. The van der Waals surface area contributed by atoms with Gasteiger partial charge in [-0.25, -0.2) is 0 Å². The van der Waals surface area contributed by atoms with E-state index in [0.717, 1.165) is 18.5 Å². The smallest absolute Gasteiger partial charge is 0.234 e. The first-order valence-electron chi connectivity index (χ1n) is 6.77. The van der Waals surface area contributed by atoms with Crippen molar-refractivity contribution >= 4 is 23.4 Å². The Kier molecular flexibility index (Phi) is 4.88. The first kappa shape index (κ1) is 14.4. The van der Waals surface area contributed by atoms with Gasteiger partial charge in [0.15, 0.2) is 0 Å². The molecular formula is C15H21NO2S. The number of rotatable bonds is 5. The first-order chi connectivity index (χ1) is 9.06. The minimum Gasteiger partial charge on any atom is -0.392 e. The van der Waals surface area contributed by atoms with Crippen molar-refractivity contribution in [2.45, 2.75) is 44.5 Å². The maximum absolute atomic E-state index is 11.8. The van der Waals surface area contributed by atoms with Crippen molar-refractivity contribution in [3.63, 3.8) is 0 Å². The van der Waals surface area contributed by atoms with E-state index < -0.39 is 6.10 Å². The Bertz CT molecular complexity index is 459. The van der Waals surface area contributed by atoms with Gasteiger partial charge in [0.1, 0.15) is 0 Å². The number of anilines is 1. The fourth-order valence-corrected chi connectivity index (χ4v) is 2.96. The Balaban J connectivity index is 1.85. The van der Waals surface area contributed by atoms with Gasteiger partial charge < -0.3 is 10.4 Å². The predicted octanol–water partition coefficient (Wildman–Crippen LogP) is 2.62. The number of aryl methyl sites for hydroxylation is 2. The fourth-order valence-electron chi connectivity index (χ4n) is 2.19. The minimum absolute atomic E-state index is 0.00422. The molecule has 0 aliphatic heterocycles. The molecule has 0 spiro atoms. The molecule has 0 bridgehead atoms. The Morgan fingerprint density at radius 2 is 2.11 bits per heavy atom. The summed E-state index contributed by atoms with van der Waals surface area (Å²) in [7, 11) is 0. The highest BCUT2D eigenvalue weighted by atomic mass is 32.2. The summed E-state index contributed by atoms with van der Waals surface area (Å²) in [6, 6.07) is 6.18. The molecule has 104 valence electrons. The number of nitrogens with one attached hydrogen (secondary N) is 1. The molecule has 0 saturated heterocycles. The quantitative estimate of drug-likeness (QED) is 0.871. The van der Waals surface area contributed by atoms with Crippen molar-refractivity contribution in [3.8, 4) is 0 Å². The van der Waals surface area contributed by atoms with Crippen LogP contribution in [0.2, 0.25) is 0 Å². The monoisotopic (exact) mass is 279 g/mol. The Morgan fingerprint density at radius 3 is 2.84 bits per heavy atom. The lowest BCUT2D eigenvalue weighted by Gasteiger charge is -2.14. The van der Waals surface area contributed by atoms with Gasteiger partial charge >= 0.3 is 0 Å². The van der Waals surface area contributed by atoms with Crippen molar-refractivity contribution in [3.05, 3.63) is 29.3 Å². The summed E-state index contributed by atoms with van der Waals surface area (Å²) < 4.78 is 0. The van der Waals surface area contributed by atoms with E-state index in [0.29, 0.717) is 5.75 Å². The predicted molar refractivity (Wildman–Crippen MR) is 80.7 cm³/mol. The van der Waals surface area contributed by atoms with E-state index in [1.165, 1.54) is 29.3 Å². The zero-order chi connectivity index (χ0) is 13.8. The zero-order valence-corrected chi connectivity index (χ0v) is 12.3. The molecule has 1 aromatic rings. The van der Waals surface area contributed by atoms with Crippen LogP contribution < -0.4 is 5.32 Å². The third kappa shape index (κ3) is 3.98. The summed E-state index contributed by atoms with van der Waals surface area (Å²) in [5, 5.41) is 12.4. The number of hydrogen-bond donors (Lipinski definition) is 2. The van der Waals surface area contributed by atoms with E-state index in [4.69, 9.17) is 0 Å². The average Bonchev–Trinajstić information content (AvgIpc) is 2.83. The average molecular weight is 279 g/mol. The Labute approximate surface area is 118 Å². The van der Waals surface area contributed by atoms with Gasteiger partial charge in [-0.2, -0.15) is 0 Å². The number of carbonyl (C=O) groups excluding carboxylic acids is 1. The van der Waals surface area contributed by atoms with Crippen LogP contribution in [0.5, 0.6) is 0 Å². The van der Waals surface area contributed by atoms with Crippen molar-refractivity contribution in [2.24, 2.45) is 0 Å². The van der Waals surface area contributed by atoms with Crippen LogP contribution in [-0.4, -0.2) is 28.1 Å². The molecule has 3 nitrogen and oxygen atoms in total. The third-order valence-electron chi connectivity index (χ3n) is 3.54. The third-order valence-corrected chi connectivity index (χ3v) is 4.89. The molecule has 0 heterocycles. The van der Waals surface area contributed by atoms with Crippen molar-refractivity contribution in [2.75, 3.05) is 11.1 Å². The van der Waals surface area contributed by atoms with Crippen molar-refractivity contribution in [1.82, 2.24) is 0 Å². The van der Waals surface area contributed by atoms with E-state index in [1.54, 1.807) is 6.92 Å². The molecule has 0 saturated carbocycles. The highest BCUT2D eigenvalue weighted by Crippen LogP contribution is 2.25. The Hall–Kier alpha value is -1.00. The van der Waals surface area contributed by atoms with Crippen LogP contribution in [0.15, 0.2) is 18.2 Å². The van der Waals surface area contributed by atoms with E-state index in [2.05, 4.69) is 17.4 Å². The molecule has 2 atom stereocenters. The molecule has 2 N–H and O–H groups in total. The number of hydrogen-bond acceptors (Lipinski definition) is 3. The van der Waals surface area contributed by atoms with Crippen molar-refractivity contribution < 1.29 is 9.90 Å². The lowest BCUT2D eigenvalue weighted by atomic mass is 10.1. The van der Waals surface area contributed by atoms with Crippen LogP contribution in [0.4, 0.5) is 5.69 Å². The van der Waals surface area contributed by atoms with Gasteiger partial charge in [-0.3, -0.25) is 4.79 Å². The van der Waals surface area contributed by atoms with E-state index >= 15 is 0 Å². The Morgan fingerprint density at radius 1 is 1.37 bits per heavy atom. The number of fused-ring (bicyclic) bond motifs is 1. The molecule has 1 amide bonds. The first-order valence-corrected chi connectivity index (χ1v) is 7.82. The van der Waals surface area contributed by atoms with Gasteiger partial charge in [0, 0.05) is 10.9 Å². The number of aliphatic hydroxyl groups excluding tert-OH is 1. The number of amides is 1. The fraction of sp³-hybridized carbons (Fsp3) is 0.533. The van der Waals surface area contributed by atoms with Crippen molar-refractivity contribution in [1.29, 1.82) is 0 Å². The van der Waals surface area contributed by atoms with E-state index in [-0.39, 0.29) is 11.2 Å². The molecule has 0 fully saturated rings. The lowest BCUT2D eigenvalue weighted by Crippen LogP contribution is -2.20. The summed E-state index contributed by atoms with van der Waals surface area (Å²) in [5.41, 5.74) is 3.66. The van der Waals surface area contributed by atoms with Gasteiger partial charge in [-0.05, 0) is 49.4 Å². The maximum Gasteiger partial charge on any atom is 0.234 e. The van der Waals surface area contributed by atoms with Gasteiger partial charge in [-0.1, -0.05) is 13.0 Å². The molecule has 0 radical (unpaired) electrons. The van der Waals surface area contributed by atoms with Gasteiger partial charge in [0.05, 0.1) is 11.9 Å². The summed E-state index contributed by atoms with van der Waals surface area (Å²) in [5.74, 6) is 0.374. The van der Waals surface area contributed by atoms with E-state index in [9.17, 15) is 9.90 Å². The minimum atomic E-state index is -0.391. The second kappa shape index (κ2) is 6.44. The molecule has 4 heteroatoms. The largest absolute Gasteiger partial charge is 0.392 e. The standard InChI is InChI=1S/C15H21NO2S/c1-10(17)11(2)19-9-15(18)16-14-7-6-12-4-3-5-13(12)8-14/h6-8,10-11,17H,3-5,9H2,1-2H3,(H,16,18). The number of aliphatic hydroxyl groups is 1. The summed E-state index contributed by atoms with van der Waals surface area (Å²) in [6.45, 7) is 3.67. The summed E-state index contributed by atoms with van der Waals surface area (Å²) in [6.07, 6.45) is 3.10. The van der Waals surface area contributed by atoms with Crippen LogP contribution in [0, 0.1) is 0 Å². The molecule has 2 unspecified atom stereocenters. The van der Waals surface area contributed by atoms with Gasteiger partial charge in [0.2, 0.25) is 5.91 Å². The molecule has 1 aliphatic rings. The zero-order valence-electron chi connectivity index (χ0n) is 11.5. The van der Waals surface area contributed by atoms with Gasteiger partial charge in [-0.15, -0.1) is 11.8 Å². The molecule has 1 aromatic carbocycles. The highest BCUT2D eigenvalue weighted by molar-refractivity contribution is 8.00. The topological polar surface area (TPSA) is 49.3 Å². The van der Waals surface area contributed by atoms with Crippen LogP contribution in [0.1, 0.15) is 31.4 Å². The van der Waals surface area contributed by atoms with Gasteiger partial charge in [0.25, 0.3) is 0 Å². The van der Waals surface area contributed by atoms with Crippen LogP contribution >= 0.6 is 11.8 Å². The SMILES string of the molecule is CC(O)C(C)SCC(=O)Nc1ccc2c(c1)CCC2. The van der Waals surface area contributed by atoms with E-state index in [1.807, 2.05) is 13.0 Å². The maximum atomic E-state index is 11.8. The second-order valence-corrected chi connectivity index (χ2v) is 6.51. The molecule has 0 aromatic heterocycles. The molecular weight excluding hydrogens is 258 g/mol. The van der Waals surface area contributed by atoms with Crippen LogP contribution in [-0.2, 0) is 17.6 Å². The second-order valence-electron chi connectivity index (χ2n) is 5.14. The molecule has 1 aliphatic carbocycles. The van der Waals surface area contributed by atoms with Crippen LogP contribution in [0.3, 0.4) is 0 Å².